The van der Waals surface area contributed by atoms with E-state index in [0.29, 0.717) is 11.6 Å². The average molecular weight is 444 g/mol. The van der Waals surface area contributed by atoms with Crippen LogP contribution >= 0.6 is 0 Å². The van der Waals surface area contributed by atoms with Crippen molar-refractivity contribution in [3.05, 3.63) is 83.2 Å². The molecule has 170 valence electrons. The highest BCUT2D eigenvalue weighted by atomic mass is 16.3. The predicted octanol–water partition coefficient (Wildman–Crippen LogP) is 4.64. The molecule has 0 saturated carbocycles. The van der Waals surface area contributed by atoms with Crippen molar-refractivity contribution in [1.29, 1.82) is 0 Å². The van der Waals surface area contributed by atoms with Gasteiger partial charge in [0.05, 0.1) is 11.9 Å². The Morgan fingerprint density at radius 3 is 2.33 bits per heavy atom. The van der Waals surface area contributed by atoms with E-state index in [4.69, 9.17) is 0 Å². The van der Waals surface area contributed by atoms with Gasteiger partial charge in [-0.25, -0.2) is 0 Å². The van der Waals surface area contributed by atoms with Crippen LogP contribution in [0.3, 0.4) is 0 Å². The fourth-order valence-electron chi connectivity index (χ4n) is 4.51. The molecule has 3 heterocycles. The van der Waals surface area contributed by atoms with Crippen molar-refractivity contribution in [1.82, 2.24) is 24.5 Å². The molecule has 4 rings (SSSR count). The molecule has 1 N–H and O–H groups in total. The zero-order valence-electron chi connectivity index (χ0n) is 19.4. The van der Waals surface area contributed by atoms with Crippen LogP contribution < -0.4 is 5.43 Å². The first-order chi connectivity index (χ1) is 15.7. The van der Waals surface area contributed by atoms with Crippen molar-refractivity contribution in [3.63, 3.8) is 0 Å². The maximum absolute atomic E-state index is 11.7. The second kappa shape index (κ2) is 9.02. The van der Waals surface area contributed by atoms with Gasteiger partial charge in [0, 0.05) is 42.3 Å². The first-order valence-electron chi connectivity index (χ1n) is 11.1. The number of benzene rings is 1. The van der Waals surface area contributed by atoms with Gasteiger partial charge in [0.15, 0.2) is 5.75 Å². The lowest BCUT2D eigenvalue weighted by Gasteiger charge is -2.33. The van der Waals surface area contributed by atoms with Crippen LogP contribution in [0.5, 0.6) is 5.75 Å². The van der Waals surface area contributed by atoms with Crippen LogP contribution in [0.25, 0.3) is 22.4 Å². The number of nitrogens with zero attached hydrogens (tertiary/aromatic N) is 5. The number of aromatic nitrogens is 5. The van der Waals surface area contributed by atoms with Gasteiger partial charge in [-0.2, -0.15) is 0 Å². The molecular formula is C26H29N5O2. The van der Waals surface area contributed by atoms with Crippen molar-refractivity contribution >= 4 is 0 Å². The summed E-state index contributed by atoms with van der Waals surface area (Å²) in [7, 11) is 0. The van der Waals surface area contributed by atoms with Gasteiger partial charge in [0.1, 0.15) is 5.69 Å². The van der Waals surface area contributed by atoms with Gasteiger partial charge in [-0.05, 0) is 56.4 Å². The average Bonchev–Trinajstić information content (AvgIpc) is 3.26. The van der Waals surface area contributed by atoms with Crippen molar-refractivity contribution in [2.75, 3.05) is 0 Å². The predicted molar refractivity (Wildman–Crippen MR) is 129 cm³/mol. The summed E-state index contributed by atoms with van der Waals surface area (Å²) in [6, 6.07) is 13.7. The van der Waals surface area contributed by atoms with E-state index >= 15 is 0 Å². The van der Waals surface area contributed by atoms with Crippen LogP contribution in [-0.2, 0) is 12.1 Å². The van der Waals surface area contributed by atoms with Crippen LogP contribution in [-0.4, -0.2) is 29.7 Å². The fourth-order valence-corrected chi connectivity index (χ4v) is 4.51. The highest BCUT2D eigenvalue weighted by molar-refractivity contribution is 5.68. The summed E-state index contributed by atoms with van der Waals surface area (Å²) in [5.74, 6) is 0.110. The molecule has 0 radical (unpaired) electrons. The zero-order chi connectivity index (χ0) is 23.6. The van der Waals surface area contributed by atoms with Gasteiger partial charge in [-0.15, -0.1) is 5.10 Å². The monoisotopic (exact) mass is 443 g/mol. The first-order valence-corrected chi connectivity index (χ1v) is 11.1. The maximum atomic E-state index is 11.7. The molecule has 0 aliphatic carbocycles. The summed E-state index contributed by atoms with van der Waals surface area (Å²) >= 11 is 0. The minimum absolute atomic E-state index is 0.186. The summed E-state index contributed by atoms with van der Waals surface area (Å²) in [5, 5.41) is 18.7. The van der Waals surface area contributed by atoms with Gasteiger partial charge in [0.25, 0.3) is 0 Å². The zero-order valence-corrected chi connectivity index (χ0v) is 19.4. The Hall–Kier alpha value is -3.74. The summed E-state index contributed by atoms with van der Waals surface area (Å²) in [6.45, 7) is 8.88. The molecule has 1 atom stereocenters. The molecule has 4 aromatic rings. The molecule has 0 bridgehead atoms. The number of rotatable bonds is 7. The second-order valence-corrected chi connectivity index (χ2v) is 9.24. The third kappa shape index (κ3) is 4.87. The number of hydrogen-bond donors (Lipinski definition) is 1. The van der Waals surface area contributed by atoms with E-state index in [1.807, 2.05) is 27.6 Å². The Labute approximate surface area is 193 Å². The van der Waals surface area contributed by atoms with Crippen LogP contribution in [0, 0.1) is 12.8 Å². The third-order valence-electron chi connectivity index (χ3n) is 6.04. The van der Waals surface area contributed by atoms with E-state index in [-0.39, 0.29) is 16.7 Å². The lowest BCUT2D eigenvalue weighted by atomic mass is 9.90. The molecule has 3 aromatic heterocycles. The molecule has 0 spiro atoms. The number of aromatic hydroxyl groups is 1. The molecule has 0 aliphatic heterocycles. The van der Waals surface area contributed by atoms with Gasteiger partial charge in [-0.3, -0.25) is 14.5 Å². The fraction of sp³-hybridized carbons (Fsp3) is 0.308. The highest BCUT2D eigenvalue weighted by Gasteiger charge is 2.25. The van der Waals surface area contributed by atoms with Crippen LogP contribution in [0.15, 0.2) is 72.0 Å². The molecule has 7 nitrogen and oxygen atoms in total. The number of hydrogen-bond acceptors (Lipinski definition) is 5. The summed E-state index contributed by atoms with van der Waals surface area (Å²) in [6.07, 6.45) is 8.15. The number of pyridine rings is 2. The highest BCUT2D eigenvalue weighted by Crippen LogP contribution is 2.29. The van der Waals surface area contributed by atoms with Crippen LogP contribution in [0.1, 0.15) is 32.9 Å². The summed E-state index contributed by atoms with van der Waals surface area (Å²) in [4.78, 5) is 15.8. The molecule has 33 heavy (non-hydrogen) atoms. The molecule has 1 unspecified atom stereocenters. The Bertz CT molecular complexity index is 1290. The van der Waals surface area contributed by atoms with Crippen LogP contribution in [0.4, 0.5) is 0 Å². The van der Waals surface area contributed by atoms with E-state index in [9.17, 15) is 9.90 Å². The molecule has 7 heteroatoms. The molecular weight excluding hydrogens is 414 g/mol. The van der Waals surface area contributed by atoms with E-state index in [1.54, 1.807) is 25.5 Å². The Kier molecular flexibility index (Phi) is 6.14. The largest absolute Gasteiger partial charge is 0.503 e. The topological polar surface area (TPSA) is 85.8 Å². The third-order valence-corrected chi connectivity index (χ3v) is 6.04. The molecule has 0 aliphatic rings. The summed E-state index contributed by atoms with van der Waals surface area (Å²) in [5.41, 5.74) is 4.07. The maximum Gasteiger partial charge on any atom is 0.223 e. The van der Waals surface area contributed by atoms with Crippen molar-refractivity contribution in [2.45, 2.75) is 46.2 Å². The second-order valence-electron chi connectivity index (χ2n) is 9.24. The van der Waals surface area contributed by atoms with Gasteiger partial charge in [0.2, 0.25) is 5.43 Å². The normalized spacial score (nSPS) is 12.6. The SMILES string of the molecule is Cc1c(O)c(=O)ccn1C(C)(C)CC(C)Cn1cc(-c2ccc(-c3ccncc3)cc2)nn1. The lowest BCUT2D eigenvalue weighted by Crippen LogP contribution is -2.32. The molecule has 0 amide bonds. The Morgan fingerprint density at radius 2 is 1.64 bits per heavy atom. The van der Waals surface area contributed by atoms with Crippen molar-refractivity contribution in [3.8, 4) is 28.1 Å². The summed E-state index contributed by atoms with van der Waals surface area (Å²) < 4.78 is 3.85. The van der Waals surface area contributed by atoms with Gasteiger partial charge < -0.3 is 9.67 Å². The van der Waals surface area contributed by atoms with Crippen molar-refractivity contribution in [2.24, 2.45) is 5.92 Å². The standard InChI is InChI=1S/C26H29N5O2/c1-18(15-26(3,4)31-14-11-24(32)25(33)19(31)2)16-30-17-23(28-29-30)22-7-5-20(6-8-22)21-9-12-27-13-10-21/h5-14,17-18,33H,15-16H2,1-4H3. The Morgan fingerprint density at radius 1 is 1.00 bits per heavy atom. The molecule has 0 fully saturated rings. The smallest absolute Gasteiger partial charge is 0.223 e. The van der Waals surface area contributed by atoms with Crippen molar-refractivity contribution < 1.29 is 5.11 Å². The van der Waals surface area contributed by atoms with E-state index in [0.717, 1.165) is 35.3 Å². The lowest BCUT2D eigenvalue weighted by molar-refractivity contribution is 0.246. The van der Waals surface area contributed by atoms with Crippen LogP contribution in [0.2, 0.25) is 0 Å². The molecule has 0 saturated heterocycles. The first kappa shape index (κ1) is 22.5. The Balaban J connectivity index is 1.44. The van der Waals surface area contributed by atoms with E-state index in [2.05, 4.69) is 60.3 Å². The minimum atomic E-state index is -0.350. The quantitative estimate of drug-likeness (QED) is 0.450. The minimum Gasteiger partial charge on any atom is -0.503 e. The van der Waals surface area contributed by atoms with E-state index < -0.39 is 0 Å². The van der Waals surface area contributed by atoms with E-state index in [1.165, 1.54) is 6.07 Å². The molecule has 1 aromatic carbocycles. The van der Waals surface area contributed by atoms with Gasteiger partial charge in [-0.1, -0.05) is 36.4 Å². The van der Waals surface area contributed by atoms with Gasteiger partial charge >= 0.3 is 0 Å².